The first-order valence-electron chi connectivity index (χ1n) is 8.83. The van der Waals surface area contributed by atoms with Gasteiger partial charge < -0.3 is 13.9 Å². The van der Waals surface area contributed by atoms with Gasteiger partial charge in [-0.15, -0.1) is 13.2 Å². The van der Waals surface area contributed by atoms with E-state index >= 15 is 0 Å². The first-order chi connectivity index (χ1) is 14.1. The van der Waals surface area contributed by atoms with Crippen LogP contribution in [0.1, 0.15) is 16.1 Å². The van der Waals surface area contributed by atoms with E-state index in [9.17, 15) is 26.4 Å². The molecule has 0 atom stereocenters. The molecule has 0 aliphatic carbocycles. The molecule has 2 heterocycles. The Hall–Kier alpha value is -2.57. The van der Waals surface area contributed by atoms with Gasteiger partial charge >= 0.3 is 12.3 Å². The quantitative estimate of drug-likeness (QED) is 0.628. The molecule has 1 aromatic carbocycles. The van der Waals surface area contributed by atoms with Crippen LogP contribution < -0.4 is 4.74 Å². The van der Waals surface area contributed by atoms with E-state index in [-0.39, 0.29) is 18.0 Å². The molecule has 1 aliphatic rings. The predicted molar refractivity (Wildman–Crippen MR) is 97.2 cm³/mol. The van der Waals surface area contributed by atoms with Crippen molar-refractivity contribution >= 4 is 16.0 Å². The maximum Gasteiger partial charge on any atom is 0.573 e. The fourth-order valence-corrected chi connectivity index (χ4v) is 4.47. The number of halogens is 3. The lowest BCUT2D eigenvalue weighted by Crippen LogP contribution is -2.48. The molecule has 1 aromatic heterocycles. The summed E-state index contributed by atoms with van der Waals surface area (Å²) in [7, 11) is -2.59. The standard InChI is InChI=1S/C18H19F3N2O6S/c1-27-17(24)15-6-11-28-16(15)12-22-7-9-23(10-8-22)30(25,26)14-4-2-13(3-5-14)29-18(19,20)21/h2-6,11H,7-10,12H2,1H3. The van der Waals surface area contributed by atoms with Crippen molar-refractivity contribution in [1.82, 2.24) is 9.21 Å². The molecule has 0 saturated carbocycles. The highest BCUT2D eigenvalue weighted by molar-refractivity contribution is 7.89. The molecule has 0 unspecified atom stereocenters. The molecule has 0 amide bonds. The number of sulfonamides is 1. The van der Waals surface area contributed by atoms with Gasteiger partial charge in [0, 0.05) is 26.2 Å². The van der Waals surface area contributed by atoms with Crippen LogP contribution in [0, 0.1) is 0 Å². The fourth-order valence-electron chi connectivity index (χ4n) is 3.05. The number of furan rings is 1. The topological polar surface area (TPSA) is 89.3 Å². The molecule has 0 bridgehead atoms. The highest BCUT2D eigenvalue weighted by atomic mass is 32.2. The molecule has 0 N–H and O–H groups in total. The van der Waals surface area contributed by atoms with Crippen molar-refractivity contribution in [2.45, 2.75) is 17.8 Å². The molecule has 1 saturated heterocycles. The lowest BCUT2D eigenvalue weighted by molar-refractivity contribution is -0.274. The molecule has 12 heteroatoms. The smallest absolute Gasteiger partial charge is 0.467 e. The number of carbonyl (C=O) groups is 1. The van der Waals surface area contributed by atoms with E-state index in [1.165, 1.54) is 23.7 Å². The molecule has 164 valence electrons. The van der Waals surface area contributed by atoms with Gasteiger partial charge in [0.1, 0.15) is 17.1 Å². The number of methoxy groups -OCH3 is 1. The van der Waals surface area contributed by atoms with E-state index in [0.29, 0.717) is 31.0 Å². The third kappa shape index (κ3) is 5.12. The number of esters is 1. The lowest BCUT2D eigenvalue weighted by Gasteiger charge is -2.33. The van der Waals surface area contributed by atoms with Gasteiger partial charge in [0.25, 0.3) is 0 Å². The summed E-state index contributed by atoms with van der Waals surface area (Å²) in [6, 6.07) is 5.58. The van der Waals surface area contributed by atoms with Gasteiger partial charge in [-0.3, -0.25) is 4.90 Å². The van der Waals surface area contributed by atoms with Crippen molar-refractivity contribution in [2.75, 3.05) is 33.3 Å². The van der Waals surface area contributed by atoms with Crippen LogP contribution in [-0.2, 0) is 21.3 Å². The normalized spacial score (nSPS) is 16.4. The summed E-state index contributed by atoms with van der Waals surface area (Å²) < 4.78 is 77.3. The second-order valence-corrected chi connectivity index (χ2v) is 8.39. The Bertz CT molecular complexity index is 980. The minimum absolute atomic E-state index is 0.121. The van der Waals surface area contributed by atoms with E-state index in [1.807, 2.05) is 4.90 Å². The van der Waals surface area contributed by atoms with Gasteiger partial charge in [-0.1, -0.05) is 0 Å². The SMILES string of the molecule is COC(=O)c1ccoc1CN1CCN(S(=O)(=O)c2ccc(OC(F)(F)F)cc2)CC1. The Morgan fingerprint density at radius 3 is 2.30 bits per heavy atom. The van der Waals surface area contributed by atoms with Crippen LogP contribution in [0.4, 0.5) is 13.2 Å². The predicted octanol–water partition coefficient (Wildman–Crippen LogP) is 2.47. The highest BCUT2D eigenvalue weighted by Gasteiger charge is 2.32. The number of ether oxygens (including phenoxy) is 2. The number of nitrogens with zero attached hydrogens (tertiary/aromatic N) is 2. The average Bonchev–Trinajstić information content (AvgIpc) is 3.15. The van der Waals surface area contributed by atoms with E-state index in [2.05, 4.69) is 4.74 Å². The summed E-state index contributed by atoms with van der Waals surface area (Å²) in [5.74, 6) is -0.581. The van der Waals surface area contributed by atoms with Crippen LogP contribution in [0.3, 0.4) is 0 Å². The highest BCUT2D eigenvalue weighted by Crippen LogP contribution is 2.26. The summed E-state index contributed by atoms with van der Waals surface area (Å²) >= 11 is 0. The van der Waals surface area contributed by atoms with E-state index < -0.39 is 28.1 Å². The van der Waals surface area contributed by atoms with Crippen molar-refractivity contribution in [3.63, 3.8) is 0 Å². The van der Waals surface area contributed by atoms with Crippen molar-refractivity contribution in [3.8, 4) is 5.75 Å². The summed E-state index contributed by atoms with van der Waals surface area (Å²) in [6.45, 7) is 1.44. The van der Waals surface area contributed by atoms with Crippen molar-refractivity contribution in [1.29, 1.82) is 0 Å². The van der Waals surface area contributed by atoms with E-state index in [1.54, 1.807) is 0 Å². The van der Waals surface area contributed by atoms with Gasteiger partial charge in [-0.2, -0.15) is 4.31 Å². The largest absolute Gasteiger partial charge is 0.573 e. The van der Waals surface area contributed by atoms with E-state index in [4.69, 9.17) is 9.15 Å². The second kappa shape index (κ2) is 8.66. The minimum atomic E-state index is -4.85. The molecule has 1 aliphatic heterocycles. The molecule has 8 nitrogen and oxygen atoms in total. The first kappa shape index (κ1) is 22.1. The van der Waals surface area contributed by atoms with Crippen molar-refractivity contribution in [3.05, 3.63) is 47.9 Å². The van der Waals surface area contributed by atoms with Crippen molar-refractivity contribution in [2.24, 2.45) is 0 Å². The minimum Gasteiger partial charge on any atom is -0.467 e. The molecule has 30 heavy (non-hydrogen) atoms. The first-order valence-corrected chi connectivity index (χ1v) is 10.3. The Labute approximate surface area is 170 Å². The molecule has 2 aromatic rings. The van der Waals surface area contributed by atoms with E-state index in [0.717, 1.165) is 24.3 Å². The molecule has 0 radical (unpaired) electrons. The summed E-state index contributed by atoms with van der Waals surface area (Å²) in [5.41, 5.74) is 0.314. The average molecular weight is 448 g/mol. The maximum atomic E-state index is 12.8. The van der Waals surface area contributed by atoms with Crippen LogP contribution in [0.25, 0.3) is 0 Å². The van der Waals surface area contributed by atoms with Crippen LogP contribution in [-0.4, -0.2) is 63.2 Å². The van der Waals surface area contributed by atoms with Gasteiger partial charge in [0.2, 0.25) is 10.0 Å². The molecular formula is C18H19F3N2O6S. The fraction of sp³-hybridized carbons (Fsp3) is 0.389. The second-order valence-electron chi connectivity index (χ2n) is 6.45. The number of alkyl halides is 3. The third-order valence-corrected chi connectivity index (χ3v) is 6.46. The van der Waals surface area contributed by atoms with Crippen LogP contribution in [0.15, 0.2) is 45.9 Å². The monoisotopic (exact) mass is 448 g/mol. The van der Waals surface area contributed by atoms with Crippen LogP contribution >= 0.6 is 0 Å². The van der Waals surface area contributed by atoms with Gasteiger partial charge in [-0.05, 0) is 30.3 Å². The van der Waals surface area contributed by atoms with Gasteiger partial charge in [0.05, 0.1) is 24.8 Å². The number of rotatable bonds is 6. The summed E-state index contributed by atoms with van der Waals surface area (Å²) in [6.07, 6.45) is -3.47. The molecule has 1 fully saturated rings. The zero-order valence-electron chi connectivity index (χ0n) is 15.9. The summed E-state index contributed by atoms with van der Waals surface area (Å²) in [5, 5.41) is 0. The third-order valence-electron chi connectivity index (χ3n) is 4.54. The Morgan fingerprint density at radius 1 is 1.10 bits per heavy atom. The Kier molecular flexibility index (Phi) is 6.38. The molecule has 0 spiro atoms. The summed E-state index contributed by atoms with van der Waals surface area (Å²) in [4.78, 5) is 13.5. The van der Waals surface area contributed by atoms with Gasteiger partial charge in [-0.25, -0.2) is 13.2 Å². The number of benzene rings is 1. The number of hydrogen-bond donors (Lipinski definition) is 0. The van der Waals surface area contributed by atoms with Gasteiger partial charge in [0.15, 0.2) is 0 Å². The van der Waals surface area contributed by atoms with Crippen molar-refractivity contribution < 1.29 is 40.3 Å². The zero-order chi connectivity index (χ0) is 21.9. The zero-order valence-corrected chi connectivity index (χ0v) is 16.7. The Balaban J connectivity index is 1.61. The number of hydrogen-bond acceptors (Lipinski definition) is 7. The number of piperazine rings is 1. The molecular weight excluding hydrogens is 429 g/mol. The number of carbonyl (C=O) groups excluding carboxylic acids is 1. The van der Waals surface area contributed by atoms with Crippen LogP contribution in [0.2, 0.25) is 0 Å². The maximum absolute atomic E-state index is 12.8. The van der Waals surface area contributed by atoms with Crippen LogP contribution in [0.5, 0.6) is 5.75 Å². The molecule has 3 rings (SSSR count). The Morgan fingerprint density at radius 2 is 1.73 bits per heavy atom. The lowest BCUT2D eigenvalue weighted by atomic mass is 10.2.